The first-order chi connectivity index (χ1) is 20.0. The van der Waals surface area contributed by atoms with Gasteiger partial charge in [0.1, 0.15) is 12.6 Å². The largest absolute Gasteiger partial charge is 0.352 e. The number of benzene rings is 3. The van der Waals surface area contributed by atoms with Crippen molar-refractivity contribution in [1.82, 2.24) is 10.2 Å². The van der Waals surface area contributed by atoms with Crippen LogP contribution in [0.4, 0.5) is 5.69 Å². The molecule has 7 nitrogen and oxygen atoms in total. The van der Waals surface area contributed by atoms with Gasteiger partial charge in [0.2, 0.25) is 11.8 Å². The van der Waals surface area contributed by atoms with E-state index >= 15 is 0 Å². The van der Waals surface area contributed by atoms with Crippen LogP contribution in [0, 0.1) is 6.92 Å². The second-order valence-corrected chi connectivity index (χ2v) is 13.7. The summed E-state index contributed by atoms with van der Waals surface area (Å²) in [4.78, 5) is 28.9. The predicted molar refractivity (Wildman–Crippen MR) is 169 cm³/mol. The van der Waals surface area contributed by atoms with E-state index in [2.05, 4.69) is 5.32 Å². The van der Waals surface area contributed by atoms with Crippen LogP contribution < -0.4 is 9.62 Å². The zero-order valence-corrected chi connectivity index (χ0v) is 26.6. The summed E-state index contributed by atoms with van der Waals surface area (Å²) >= 11 is 18.4. The molecule has 0 unspecified atom stereocenters. The molecule has 3 aromatic carbocycles. The van der Waals surface area contributed by atoms with E-state index in [4.69, 9.17) is 34.8 Å². The number of nitrogens with one attached hydrogen (secondary N) is 1. The van der Waals surface area contributed by atoms with E-state index in [-0.39, 0.29) is 23.4 Å². The molecule has 0 bridgehead atoms. The smallest absolute Gasteiger partial charge is 0.264 e. The van der Waals surface area contributed by atoms with Gasteiger partial charge in [-0.25, -0.2) is 8.42 Å². The number of rotatable bonds is 10. The highest BCUT2D eigenvalue weighted by Crippen LogP contribution is 2.27. The first kappa shape index (κ1) is 32.1. The lowest BCUT2D eigenvalue weighted by atomic mass is 9.95. The number of halogens is 3. The minimum atomic E-state index is -4.18. The minimum absolute atomic E-state index is 0.0144. The Morgan fingerprint density at radius 1 is 0.905 bits per heavy atom. The summed E-state index contributed by atoms with van der Waals surface area (Å²) in [5.74, 6) is -0.844. The van der Waals surface area contributed by atoms with Crippen LogP contribution in [0.3, 0.4) is 0 Å². The topological polar surface area (TPSA) is 86.8 Å². The first-order valence-corrected chi connectivity index (χ1v) is 16.4. The number of amides is 2. The molecule has 0 saturated heterocycles. The molecule has 1 aliphatic rings. The number of carbonyl (C=O) groups excluding carboxylic acids is 2. The number of hydrogen-bond donors (Lipinski definition) is 1. The van der Waals surface area contributed by atoms with Crippen LogP contribution in [0.5, 0.6) is 0 Å². The monoisotopic (exact) mass is 649 g/mol. The molecule has 1 N–H and O–H groups in total. The van der Waals surface area contributed by atoms with Crippen molar-refractivity contribution in [3.05, 3.63) is 92.9 Å². The predicted octanol–water partition coefficient (Wildman–Crippen LogP) is 7.02. The maximum absolute atomic E-state index is 14.1. The second kappa shape index (κ2) is 14.1. The number of nitrogens with zero attached hydrogens (tertiary/aromatic N) is 2. The molecule has 0 heterocycles. The quantitative estimate of drug-likeness (QED) is 0.256. The molecule has 4 rings (SSSR count). The Bertz CT molecular complexity index is 1510. The molecule has 2 amide bonds. The number of aryl methyl sites for hydroxylation is 1. The lowest BCUT2D eigenvalue weighted by Crippen LogP contribution is -2.53. The fraction of sp³-hybridized carbons (Fsp3) is 0.355. The number of anilines is 1. The third kappa shape index (κ3) is 7.98. The van der Waals surface area contributed by atoms with Gasteiger partial charge >= 0.3 is 0 Å². The van der Waals surface area contributed by atoms with Crippen LogP contribution in [0.25, 0.3) is 0 Å². The van der Waals surface area contributed by atoms with Crippen molar-refractivity contribution in [2.24, 2.45) is 0 Å². The van der Waals surface area contributed by atoms with Crippen LogP contribution in [0.2, 0.25) is 15.1 Å². The summed E-state index contributed by atoms with van der Waals surface area (Å²) < 4.78 is 28.9. The van der Waals surface area contributed by atoms with Gasteiger partial charge in [-0.1, -0.05) is 77.8 Å². The highest BCUT2D eigenvalue weighted by Gasteiger charge is 2.33. The minimum Gasteiger partial charge on any atom is -0.352 e. The van der Waals surface area contributed by atoms with Gasteiger partial charge in [-0.15, -0.1) is 0 Å². The molecular formula is C31H34Cl3N3O4S. The fourth-order valence-electron chi connectivity index (χ4n) is 4.96. The Morgan fingerprint density at radius 2 is 1.55 bits per heavy atom. The van der Waals surface area contributed by atoms with Gasteiger partial charge in [-0.2, -0.15) is 0 Å². The van der Waals surface area contributed by atoms with Crippen molar-refractivity contribution in [1.29, 1.82) is 0 Å². The van der Waals surface area contributed by atoms with Gasteiger partial charge in [-0.3, -0.25) is 13.9 Å². The molecule has 0 aliphatic heterocycles. The van der Waals surface area contributed by atoms with E-state index in [0.29, 0.717) is 26.3 Å². The van der Waals surface area contributed by atoms with Gasteiger partial charge in [-0.05, 0) is 80.8 Å². The van der Waals surface area contributed by atoms with Crippen molar-refractivity contribution in [3.8, 4) is 0 Å². The fourth-order valence-corrected chi connectivity index (χ4v) is 6.82. The zero-order chi connectivity index (χ0) is 30.4. The Kier molecular flexibility index (Phi) is 10.8. The number of sulfonamides is 1. The van der Waals surface area contributed by atoms with E-state index < -0.39 is 28.5 Å². The van der Waals surface area contributed by atoms with Crippen molar-refractivity contribution in [2.45, 2.75) is 69.5 Å². The summed E-state index contributed by atoms with van der Waals surface area (Å²) in [6.07, 6.45) is 5.00. The van der Waals surface area contributed by atoms with Crippen LogP contribution >= 0.6 is 34.8 Å². The molecule has 11 heteroatoms. The summed E-state index contributed by atoms with van der Waals surface area (Å²) in [7, 11) is -4.18. The molecule has 0 aromatic heterocycles. The SMILES string of the molecule is Cc1ccc(N(CC(=O)N(Cc2ccc(Cl)c(Cl)c2)[C@H](C)C(=O)NC2CCCCC2)S(=O)(=O)c2ccc(Cl)cc2)cc1. The van der Waals surface area contributed by atoms with Gasteiger partial charge in [0.15, 0.2) is 0 Å². The van der Waals surface area contributed by atoms with Crippen molar-refractivity contribution in [2.75, 3.05) is 10.8 Å². The molecule has 224 valence electrons. The van der Waals surface area contributed by atoms with E-state index in [1.165, 1.54) is 29.2 Å². The first-order valence-electron chi connectivity index (χ1n) is 13.8. The Labute approximate surface area is 262 Å². The molecule has 3 aromatic rings. The lowest BCUT2D eigenvalue weighted by Gasteiger charge is -2.33. The molecule has 1 aliphatic carbocycles. The van der Waals surface area contributed by atoms with Crippen LogP contribution in [0.1, 0.15) is 50.2 Å². The Balaban J connectivity index is 1.68. The van der Waals surface area contributed by atoms with Crippen LogP contribution in [-0.2, 0) is 26.2 Å². The van der Waals surface area contributed by atoms with E-state index in [1.54, 1.807) is 49.4 Å². The molecular weight excluding hydrogens is 617 g/mol. The molecule has 0 spiro atoms. The highest BCUT2D eigenvalue weighted by molar-refractivity contribution is 7.92. The number of hydrogen-bond acceptors (Lipinski definition) is 4. The standard InChI is InChI=1S/C31H34Cl3N3O4S/c1-21-8-13-26(14-9-21)37(42(40,41)27-15-11-24(32)12-16-27)20-30(38)36(19-23-10-17-28(33)29(34)18-23)22(2)31(39)35-25-6-4-3-5-7-25/h8-18,22,25H,3-7,19-20H2,1-2H3,(H,35,39)/t22-/m1/s1. The molecule has 0 radical (unpaired) electrons. The molecule has 1 saturated carbocycles. The lowest BCUT2D eigenvalue weighted by molar-refractivity contribution is -0.139. The van der Waals surface area contributed by atoms with Gasteiger partial charge in [0.25, 0.3) is 10.0 Å². The normalized spacial score (nSPS) is 14.7. The molecule has 1 fully saturated rings. The Morgan fingerprint density at radius 3 is 2.17 bits per heavy atom. The van der Waals surface area contributed by atoms with Crippen molar-refractivity contribution < 1.29 is 18.0 Å². The third-order valence-corrected chi connectivity index (χ3v) is 10.2. The van der Waals surface area contributed by atoms with E-state index in [1.807, 2.05) is 6.92 Å². The average Bonchev–Trinajstić information content (AvgIpc) is 2.97. The summed E-state index contributed by atoms with van der Waals surface area (Å²) in [5, 5.41) is 4.15. The summed E-state index contributed by atoms with van der Waals surface area (Å²) in [6.45, 7) is 3.03. The van der Waals surface area contributed by atoms with E-state index in [0.717, 1.165) is 42.0 Å². The number of carbonyl (C=O) groups is 2. The van der Waals surface area contributed by atoms with E-state index in [9.17, 15) is 18.0 Å². The third-order valence-electron chi connectivity index (χ3n) is 7.46. The van der Waals surface area contributed by atoms with Crippen molar-refractivity contribution >= 4 is 62.3 Å². The molecule has 42 heavy (non-hydrogen) atoms. The summed E-state index contributed by atoms with van der Waals surface area (Å²) in [6, 6.07) is 16.8. The van der Waals surface area contributed by atoms with Gasteiger partial charge in [0, 0.05) is 17.6 Å². The maximum atomic E-state index is 14.1. The average molecular weight is 651 g/mol. The highest BCUT2D eigenvalue weighted by atomic mass is 35.5. The maximum Gasteiger partial charge on any atom is 0.264 e. The zero-order valence-electron chi connectivity index (χ0n) is 23.5. The van der Waals surface area contributed by atoms with Crippen molar-refractivity contribution in [3.63, 3.8) is 0 Å². The Hall–Kier alpha value is -2.78. The van der Waals surface area contributed by atoms with Gasteiger partial charge in [0.05, 0.1) is 20.6 Å². The second-order valence-electron chi connectivity index (χ2n) is 10.6. The summed E-state index contributed by atoms with van der Waals surface area (Å²) in [5.41, 5.74) is 1.90. The van der Waals surface area contributed by atoms with Crippen LogP contribution in [0.15, 0.2) is 71.6 Å². The van der Waals surface area contributed by atoms with Crippen LogP contribution in [-0.4, -0.2) is 43.8 Å². The molecule has 1 atom stereocenters. The van der Waals surface area contributed by atoms with Gasteiger partial charge < -0.3 is 10.2 Å².